The molecule has 20 rings (SSSR count). The number of nitrogens with zero attached hydrogens (tertiary/aromatic N) is 3. The summed E-state index contributed by atoms with van der Waals surface area (Å²) in [6.45, 7) is 13.9. The van der Waals surface area contributed by atoms with Crippen molar-refractivity contribution in [1.29, 1.82) is 0 Å². The van der Waals surface area contributed by atoms with E-state index in [4.69, 9.17) is 0 Å². The van der Waals surface area contributed by atoms with E-state index >= 15 is 0 Å². The summed E-state index contributed by atoms with van der Waals surface area (Å²) in [4.78, 5) is 5.40. The van der Waals surface area contributed by atoms with Crippen molar-refractivity contribution in [3.8, 4) is 94.7 Å². The summed E-state index contributed by atoms with van der Waals surface area (Å²) in [5.41, 5.74) is 34.8. The Kier molecular flexibility index (Phi) is 15.8. The molecule has 1 aromatic heterocycles. The van der Waals surface area contributed by atoms with Gasteiger partial charge in [-0.15, -0.1) is 0 Å². The number of anilines is 6. The van der Waals surface area contributed by atoms with Crippen molar-refractivity contribution in [2.45, 2.75) is 52.4 Å². The van der Waals surface area contributed by atoms with E-state index in [1.807, 2.05) is 0 Å². The van der Waals surface area contributed by atoms with Gasteiger partial charge in [0.2, 0.25) is 0 Å². The van der Waals surface area contributed by atoms with Crippen molar-refractivity contribution < 1.29 is 0 Å². The minimum Gasteiger partial charge on any atom is -0.310 e. The number of fused-ring (bicyclic) bond motifs is 9. The van der Waals surface area contributed by atoms with Crippen LogP contribution in [0.1, 0.15) is 52.7 Å². The van der Waals surface area contributed by atoms with Crippen LogP contribution >= 0.6 is 0 Å². The Labute approximate surface area is 645 Å². The first-order valence-corrected chi connectivity index (χ1v) is 38.7. The zero-order valence-electron chi connectivity index (χ0n) is 62.7. The molecular formula is C106H80BN3. The Morgan fingerprint density at radius 2 is 0.573 bits per heavy atom. The maximum Gasteiger partial charge on any atom is 0.252 e. The molecule has 4 heteroatoms. The van der Waals surface area contributed by atoms with Gasteiger partial charge in [0, 0.05) is 61.5 Å². The molecular weight excluding hydrogens is 1330 g/mol. The number of rotatable bonds is 11. The largest absolute Gasteiger partial charge is 0.310 e. The third kappa shape index (κ3) is 10.9. The van der Waals surface area contributed by atoms with Gasteiger partial charge in [-0.3, -0.25) is 0 Å². The Morgan fingerprint density at radius 3 is 0.991 bits per heavy atom. The summed E-state index contributed by atoms with van der Waals surface area (Å²) < 4.78 is 2.50. The van der Waals surface area contributed by atoms with Crippen molar-refractivity contribution in [2.24, 2.45) is 0 Å². The normalized spacial score (nSPS) is 12.6. The van der Waals surface area contributed by atoms with E-state index in [0.29, 0.717) is 0 Å². The highest BCUT2D eigenvalue weighted by Gasteiger charge is 2.46. The van der Waals surface area contributed by atoms with Crippen LogP contribution in [0.25, 0.3) is 138 Å². The minimum absolute atomic E-state index is 0.189. The molecule has 0 fully saturated rings. The first-order chi connectivity index (χ1) is 53.9. The van der Waals surface area contributed by atoms with E-state index in [0.717, 1.165) is 78.8 Å². The summed E-state index contributed by atoms with van der Waals surface area (Å²) in [5, 5.41) is 7.23. The molecule has 3 heterocycles. The standard InChI is InChI=1S/C106H80BN3/c1-105(2,3)77-64-87(71-38-17-9-18-39-71)103(88(65-77)72-40-19-10-20-41-72)109-96-54-33-55-97-102(96)107(92-60-57-76(63-98(92)109)100-83-48-25-27-50-85(83)101(86-51-28-26-49-84(86)100)91-62-75(69-34-13-7-14-35-69)56-59-80(91)70-36-15-8-16-37-70)93-61-58-79(108-94-52-31-29-46-81(94)82-47-30-32-53-95(82)108)68-99(93)110(97)104-89(73-42-21-11-22-43-73)66-78(106(4,5)6)67-90(104)74-44-23-12-24-45-74/h7-68H,1-6H3. The van der Waals surface area contributed by atoms with Gasteiger partial charge >= 0.3 is 0 Å². The predicted octanol–water partition coefficient (Wildman–Crippen LogP) is 27.1. The van der Waals surface area contributed by atoms with Gasteiger partial charge in [0.1, 0.15) is 0 Å². The second-order valence-electron chi connectivity index (χ2n) is 31.8. The quantitative estimate of drug-likeness (QED) is 0.0944. The minimum atomic E-state index is -0.243. The average molecular weight is 1410 g/mol. The number of para-hydroxylation sites is 2. The van der Waals surface area contributed by atoms with Gasteiger partial charge < -0.3 is 14.4 Å². The highest BCUT2D eigenvalue weighted by Crippen LogP contribution is 2.56. The zero-order valence-corrected chi connectivity index (χ0v) is 62.7. The van der Waals surface area contributed by atoms with E-state index < -0.39 is 0 Å². The fraction of sp³-hybridized carbons (Fsp3) is 0.0755. The highest BCUT2D eigenvalue weighted by molar-refractivity contribution is 7.00. The summed E-state index contributed by atoms with van der Waals surface area (Å²) in [7, 11) is 0. The molecule has 0 atom stereocenters. The molecule has 17 aromatic carbocycles. The van der Waals surface area contributed by atoms with Gasteiger partial charge in [-0.1, -0.05) is 345 Å². The number of hydrogen-bond donors (Lipinski definition) is 0. The lowest BCUT2D eigenvalue weighted by Crippen LogP contribution is -2.61. The van der Waals surface area contributed by atoms with E-state index in [2.05, 4.69) is 432 Å². The van der Waals surface area contributed by atoms with Gasteiger partial charge in [-0.2, -0.15) is 0 Å². The number of hydrogen-bond acceptors (Lipinski definition) is 2. The van der Waals surface area contributed by atoms with Crippen LogP contribution < -0.4 is 26.2 Å². The maximum absolute atomic E-state index is 2.71. The van der Waals surface area contributed by atoms with Crippen LogP contribution in [0, 0.1) is 0 Å². The van der Waals surface area contributed by atoms with Crippen LogP contribution in [-0.2, 0) is 10.8 Å². The SMILES string of the molecule is CC(C)(C)c1cc(-c2ccccc2)c(N2c3cc(-c4c5ccccc5c(-c5cc(-c6ccccc6)ccc5-c5ccccc5)c5ccccc45)ccc3B3c4ccc(-n5c6ccccc6c6ccccc65)cc4N(c4c(-c5ccccc5)cc(C(C)(C)C)cc4-c4ccccc4)c4cccc2c43)c(-c2ccccc2)c1. The van der Waals surface area contributed by atoms with E-state index in [9.17, 15) is 0 Å². The van der Waals surface area contributed by atoms with E-state index in [-0.39, 0.29) is 17.5 Å². The highest BCUT2D eigenvalue weighted by atomic mass is 15.2. The summed E-state index contributed by atoms with van der Waals surface area (Å²) in [5.74, 6) is 0. The van der Waals surface area contributed by atoms with E-state index in [1.54, 1.807) is 0 Å². The van der Waals surface area contributed by atoms with Crippen molar-refractivity contribution in [3.05, 3.63) is 387 Å². The summed E-state index contributed by atoms with van der Waals surface area (Å²) in [6.07, 6.45) is 0. The van der Waals surface area contributed by atoms with Crippen LogP contribution in [0.5, 0.6) is 0 Å². The topological polar surface area (TPSA) is 11.4 Å². The number of aromatic nitrogens is 1. The molecule has 522 valence electrons. The molecule has 0 unspecified atom stereocenters. The molecule has 110 heavy (non-hydrogen) atoms. The van der Waals surface area contributed by atoms with Crippen LogP contribution in [0.15, 0.2) is 376 Å². The molecule has 18 aromatic rings. The van der Waals surface area contributed by atoms with Gasteiger partial charge in [-0.25, -0.2) is 0 Å². The van der Waals surface area contributed by atoms with Crippen molar-refractivity contribution in [1.82, 2.24) is 4.57 Å². The smallest absolute Gasteiger partial charge is 0.252 e. The van der Waals surface area contributed by atoms with Crippen molar-refractivity contribution in [3.63, 3.8) is 0 Å². The second kappa shape index (κ2) is 26.3. The molecule has 0 bridgehead atoms. The fourth-order valence-corrected chi connectivity index (χ4v) is 18.0. The zero-order chi connectivity index (χ0) is 73.9. The summed E-state index contributed by atoms with van der Waals surface area (Å²) in [6, 6.07) is 142. The van der Waals surface area contributed by atoms with E-state index in [1.165, 1.54) is 121 Å². The maximum atomic E-state index is 2.71. The van der Waals surface area contributed by atoms with Crippen molar-refractivity contribution >= 4 is 101 Å². The Balaban J connectivity index is 0.923. The van der Waals surface area contributed by atoms with Crippen molar-refractivity contribution in [2.75, 3.05) is 9.80 Å². The Morgan fingerprint density at radius 1 is 0.227 bits per heavy atom. The van der Waals surface area contributed by atoms with Gasteiger partial charge in [0.05, 0.1) is 22.4 Å². The molecule has 2 aliphatic heterocycles. The van der Waals surface area contributed by atoms with Crippen LogP contribution in [0.2, 0.25) is 0 Å². The first kappa shape index (κ1) is 66.2. The summed E-state index contributed by atoms with van der Waals surface area (Å²) >= 11 is 0. The number of benzene rings is 17. The molecule has 0 saturated carbocycles. The molecule has 2 aliphatic rings. The molecule has 0 spiro atoms. The fourth-order valence-electron chi connectivity index (χ4n) is 18.0. The lowest BCUT2D eigenvalue weighted by atomic mass is 9.33. The molecule has 0 N–H and O–H groups in total. The molecule has 0 saturated heterocycles. The Bertz CT molecular complexity index is 6420. The molecule has 0 amide bonds. The average Bonchev–Trinajstić information content (AvgIpc) is 0.707. The predicted molar refractivity (Wildman–Crippen MR) is 471 cm³/mol. The lowest BCUT2D eigenvalue weighted by molar-refractivity contribution is 0.590. The van der Waals surface area contributed by atoms with Crippen LogP contribution in [-0.4, -0.2) is 11.3 Å². The first-order valence-electron chi connectivity index (χ1n) is 38.7. The lowest BCUT2D eigenvalue weighted by Gasteiger charge is -2.46. The molecule has 0 aliphatic carbocycles. The van der Waals surface area contributed by atoms with Crippen LogP contribution in [0.4, 0.5) is 34.1 Å². The second-order valence-corrected chi connectivity index (χ2v) is 31.8. The molecule has 0 radical (unpaired) electrons. The third-order valence-electron chi connectivity index (χ3n) is 23.3. The monoisotopic (exact) mass is 1410 g/mol. The third-order valence-corrected chi connectivity index (χ3v) is 23.3. The molecule has 3 nitrogen and oxygen atoms in total. The van der Waals surface area contributed by atoms with Gasteiger partial charge in [0.25, 0.3) is 6.71 Å². The van der Waals surface area contributed by atoms with Gasteiger partial charge in [-0.05, 0) is 199 Å². The van der Waals surface area contributed by atoms with Crippen LogP contribution in [0.3, 0.4) is 0 Å². The van der Waals surface area contributed by atoms with Gasteiger partial charge in [0.15, 0.2) is 0 Å². The Hall–Kier alpha value is -13.3.